The molecule has 0 unspecified atom stereocenters. The van der Waals surface area contributed by atoms with Crippen molar-refractivity contribution in [2.75, 3.05) is 6.54 Å². The molecule has 1 aliphatic carbocycles. The van der Waals surface area contributed by atoms with Crippen LogP contribution in [0.4, 0.5) is 0 Å². The lowest BCUT2D eigenvalue weighted by Crippen LogP contribution is -2.33. The molecule has 0 aliphatic heterocycles. The van der Waals surface area contributed by atoms with Crippen molar-refractivity contribution in [3.05, 3.63) is 57.0 Å². The summed E-state index contributed by atoms with van der Waals surface area (Å²) in [5, 5.41) is 4.41. The van der Waals surface area contributed by atoms with E-state index in [2.05, 4.69) is 9.82 Å². The number of nitrogens with one attached hydrogen (secondary N) is 1. The van der Waals surface area contributed by atoms with Crippen molar-refractivity contribution in [3.63, 3.8) is 0 Å². The highest BCUT2D eigenvalue weighted by molar-refractivity contribution is 7.89. The van der Waals surface area contributed by atoms with Gasteiger partial charge in [0.15, 0.2) is 0 Å². The summed E-state index contributed by atoms with van der Waals surface area (Å²) in [6.07, 6.45) is 3.95. The van der Waals surface area contributed by atoms with Crippen molar-refractivity contribution in [1.29, 1.82) is 0 Å². The third kappa shape index (κ3) is 3.99. The molecule has 0 saturated carbocycles. The molecule has 6 nitrogen and oxygen atoms in total. The number of aryl methyl sites for hydroxylation is 4. The van der Waals surface area contributed by atoms with Gasteiger partial charge in [-0.3, -0.25) is 4.79 Å². The van der Waals surface area contributed by atoms with E-state index in [9.17, 15) is 13.2 Å². The molecule has 0 fully saturated rings. The number of hydrogen-bond acceptors (Lipinski definition) is 4. The predicted octanol–water partition coefficient (Wildman–Crippen LogP) is 1.72. The Morgan fingerprint density at radius 1 is 1.16 bits per heavy atom. The quantitative estimate of drug-likeness (QED) is 0.879. The molecule has 25 heavy (non-hydrogen) atoms. The second-order valence-corrected chi connectivity index (χ2v) is 8.29. The molecule has 0 atom stereocenters. The van der Waals surface area contributed by atoms with E-state index in [1.54, 1.807) is 25.1 Å². The summed E-state index contributed by atoms with van der Waals surface area (Å²) >= 11 is 0. The fourth-order valence-corrected chi connectivity index (χ4v) is 4.47. The van der Waals surface area contributed by atoms with Crippen LogP contribution in [-0.2, 0) is 29.4 Å². The van der Waals surface area contributed by atoms with Crippen LogP contribution >= 0.6 is 0 Å². The number of aromatic nitrogens is 2. The van der Waals surface area contributed by atoms with Gasteiger partial charge in [0.1, 0.15) is 0 Å². The second-order valence-electron chi connectivity index (χ2n) is 6.55. The molecule has 1 aromatic carbocycles. The summed E-state index contributed by atoms with van der Waals surface area (Å²) in [5.41, 5.74) is 3.40. The van der Waals surface area contributed by atoms with Crippen LogP contribution in [0.2, 0.25) is 0 Å². The van der Waals surface area contributed by atoms with E-state index in [0.29, 0.717) is 5.56 Å². The molecule has 2 aromatic rings. The van der Waals surface area contributed by atoms with Gasteiger partial charge in [0.05, 0.1) is 17.1 Å². The molecular weight excluding hydrogens is 338 g/mol. The van der Waals surface area contributed by atoms with Gasteiger partial charge >= 0.3 is 0 Å². The van der Waals surface area contributed by atoms with E-state index in [4.69, 9.17) is 0 Å². The van der Waals surface area contributed by atoms with Gasteiger partial charge in [-0.25, -0.2) is 17.8 Å². The molecule has 134 valence electrons. The zero-order valence-corrected chi connectivity index (χ0v) is 15.4. The molecule has 3 rings (SSSR count). The zero-order chi connectivity index (χ0) is 18.0. The van der Waals surface area contributed by atoms with Gasteiger partial charge in [-0.15, -0.1) is 0 Å². The van der Waals surface area contributed by atoms with E-state index in [1.807, 2.05) is 13.0 Å². The molecule has 1 aliphatic rings. The molecule has 1 heterocycles. The van der Waals surface area contributed by atoms with Crippen molar-refractivity contribution in [2.45, 2.75) is 51.0 Å². The maximum Gasteiger partial charge on any atom is 0.267 e. The summed E-state index contributed by atoms with van der Waals surface area (Å²) in [5.74, 6) is 0. The van der Waals surface area contributed by atoms with Gasteiger partial charge in [0.2, 0.25) is 10.0 Å². The molecule has 0 amide bonds. The van der Waals surface area contributed by atoms with Crippen molar-refractivity contribution >= 4 is 10.0 Å². The number of benzene rings is 1. The van der Waals surface area contributed by atoms with E-state index < -0.39 is 10.0 Å². The van der Waals surface area contributed by atoms with Crippen molar-refractivity contribution in [1.82, 2.24) is 14.5 Å². The molecule has 0 spiro atoms. The highest BCUT2D eigenvalue weighted by atomic mass is 32.2. The fraction of sp³-hybridized carbons (Fsp3) is 0.444. The first kappa shape index (κ1) is 17.8. The molecule has 0 saturated heterocycles. The minimum Gasteiger partial charge on any atom is -0.268 e. The minimum absolute atomic E-state index is 0.126. The topological polar surface area (TPSA) is 81.1 Å². The Balaban J connectivity index is 1.72. The lowest BCUT2D eigenvalue weighted by molar-refractivity contribution is 0.526. The highest BCUT2D eigenvalue weighted by Crippen LogP contribution is 2.17. The molecule has 1 N–H and O–H groups in total. The maximum atomic E-state index is 12.5. The normalized spacial score (nSPS) is 14.3. The number of sulfonamides is 1. The van der Waals surface area contributed by atoms with Gasteiger partial charge in [-0.2, -0.15) is 5.10 Å². The highest BCUT2D eigenvalue weighted by Gasteiger charge is 2.17. The van der Waals surface area contributed by atoms with E-state index in [1.165, 1.54) is 4.68 Å². The Morgan fingerprint density at radius 2 is 1.92 bits per heavy atom. The summed E-state index contributed by atoms with van der Waals surface area (Å²) in [6, 6.07) is 6.96. The fourth-order valence-electron chi connectivity index (χ4n) is 3.12. The summed E-state index contributed by atoms with van der Waals surface area (Å²) in [6.45, 7) is 3.97. The first-order chi connectivity index (χ1) is 11.9. The van der Waals surface area contributed by atoms with E-state index in [-0.39, 0.29) is 23.5 Å². The lowest BCUT2D eigenvalue weighted by atomic mass is 9.97. The smallest absolute Gasteiger partial charge is 0.267 e. The standard InChI is InChI=1S/C18H23N3O3S/c1-13-7-8-14(2)17(11-13)25(23,24)19-9-10-21-18(22)12-15-5-3-4-6-16(15)20-21/h7-8,11-12,19H,3-6,9-10H2,1-2H3. The third-order valence-corrected chi connectivity index (χ3v) is 6.13. The Kier molecular flexibility index (Phi) is 5.06. The second kappa shape index (κ2) is 7.09. The van der Waals surface area contributed by atoms with Gasteiger partial charge in [-0.05, 0) is 62.3 Å². The van der Waals surface area contributed by atoms with Crippen molar-refractivity contribution < 1.29 is 8.42 Å². The number of nitrogens with zero attached hydrogens (tertiary/aromatic N) is 2. The van der Waals surface area contributed by atoms with E-state index >= 15 is 0 Å². The zero-order valence-electron chi connectivity index (χ0n) is 14.6. The maximum absolute atomic E-state index is 12.5. The van der Waals surface area contributed by atoms with Crippen LogP contribution in [0.1, 0.15) is 35.2 Å². The van der Waals surface area contributed by atoms with Gasteiger partial charge in [-0.1, -0.05) is 12.1 Å². The minimum atomic E-state index is -3.61. The largest absolute Gasteiger partial charge is 0.268 e. The summed E-state index contributed by atoms with van der Waals surface area (Å²) < 4.78 is 28.9. The first-order valence-corrected chi connectivity index (χ1v) is 10.0. The van der Waals surface area contributed by atoms with Gasteiger partial charge < -0.3 is 0 Å². The molecule has 7 heteroatoms. The van der Waals surface area contributed by atoms with Gasteiger partial charge in [0, 0.05) is 12.6 Å². The Labute approximate surface area is 147 Å². The van der Waals surface area contributed by atoms with Gasteiger partial charge in [0.25, 0.3) is 5.56 Å². The summed E-state index contributed by atoms with van der Waals surface area (Å²) in [7, 11) is -3.61. The number of hydrogen-bond donors (Lipinski definition) is 1. The Bertz CT molecular complexity index is 949. The van der Waals surface area contributed by atoms with Crippen LogP contribution in [0, 0.1) is 13.8 Å². The SMILES string of the molecule is Cc1ccc(C)c(S(=O)(=O)NCCn2nc3c(cc2=O)CCCC3)c1. The third-order valence-electron chi connectivity index (χ3n) is 4.52. The first-order valence-electron chi connectivity index (χ1n) is 8.54. The van der Waals surface area contributed by atoms with Crippen LogP contribution in [0.3, 0.4) is 0 Å². The predicted molar refractivity (Wildman–Crippen MR) is 96.2 cm³/mol. The van der Waals surface area contributed by atoms with Crippen LogP contribution in [0.5, 0.6) is 0 Å². The van der Waals surface area contributed by atoms with Crippen LogP contribution in [0.25, 0.3) is 0 Å². The van der Waals surface area contributed by atoms with Crippen LogP contribution in [-0.4, -0.2) is 24.7 Å². The molecular formula is C18H23N3O3S. The average molecular weight is 361 g/mol. The molecule has 1 aromatic heterocycles. The number of rotatable bonds is 5. The number of fused-ring (bicyclic) bond motifs is 1. The Hall–Kier alpha value is -1.99. The Morgan fingerprint density at radius 3 is 2.72 bits per heavy atom. The van der Waals surface area contributed by atoms with E-state index in [0.717, 1.165) is 42.5 Å². The molecule has 0 bridgehead atoms. The van der Waals surface area contributed by atoms with Crippen LogP contribution in [0.15, 0.2) is 34.0 Å². The monoisotopic (exact) mass is 361 g/mol. The van der Waals surface area contributed by atoms with Crippen molar-refractivity contribution in [3.8, 4) is 0 Å². The summed E-state index contributed by atoms with van der Waals surface area (Å²) in [4.78, 5) is 12.4. The molecule has 0 radical (unpaired) electrons. The lowest BCUT2D eigenvalue weighted by Gasteiger charge is -2.16. The average Bonchev–Trinajstić information content (AvgIpc) is 2.57. The van der Waals surface area contributed by atoms with Crippen molar-refractivity contribution in [2.24, 2.45) is 0 Å². The van der Waals surface area contributed by atoms with Crippen LogP contribution < -0.4 is 10.3 Å².